The molecule has 0 radical (unpaired) electrons. The van der Waals surface area contributed by atoms with Gasteiger partial charge in [0.2, 0.25) is 0 Å². The van der Waals surface area contributed by atoms with Crippen molar-refractivity contribution in [3.63, 3.8) is 0 Å². The van der Waals surface area contributed by atoms with Crippen LogP contribution in [0.3, 0.4) is 0 Å². The monoisotopic (exact) mass is 199 g/mol. The minimum Gasteiger partial charge on any atom is -0.313 e. The summed E-state index contributed by atoms with van der Waals surface area (Å²) >= 11 is 7.41. The average molecular weight is 200 g/mol. The molecule has 1 fully saturated rings. The molecule has 0 amide bonds. The molecule has 1 nitrogen and oxygen atoms in total. The molecule has 1 aromatic rings. The largest absolute Gasteiger partial charge is 0.313 e. The Bertz CT molecular complexity index is 295. The van der Waals surface area contributed by atoms with Gasteiger partial charge in [0, 0.05) is 6.54 Å². The molecule has 0 saturated carbocycles. The second-order valence-corrected chi connectivity index (χ2v) is 4.46. The van der Waals surface area contributed by atoms with Crippen LogP contribution < -0.4 is 5.32 Å². The summed E-state index contributed by atoms with van der Waals surface area (Å²) in [5.41, 5.74) is 2.72. The van der Waals surface area contributed by atoms with Crippen molar-refractivity contribution < 1.29 is 0 Å². The van der Waals surface area contributed by atoms with Gasteiger partial charge in [-0.3, -0.25) is 0 Å². The van der Waals surface area contributed by atoms with Gasteiger partial charge in [0.1, 0.15) is 0 Å². The van der Waals surface area contributed by atoms with E-state index in [4.69, 9.17) is 11.6 Å². The molecule has 1 saturated heterocycles. The molecule has 0 bridgehead atoms. The zero-order valence-electron chi connectivity index (χ0n) is 6.64. The van der Waals surface area contributed by atoms with Crippen LogP contribution in [0, 0.1) is 0 Å². The lowest BCUT2D eigenvalue weighted by Crippen LogP contribution is -2.04. The fraction of sp³-hybridized carbons (Fsp3) is 0.333. The molecule has 1 aromatic heterocycles. The number of halogens is 1. The highest BCUT2D eigenvalue weighted by Crippen LogP contribution is 2.22. The van der Waals surface area contributed by atoms with Crippen molar-refractivity contribution in [2.24, 2.45) is 0 Å². The van der Waals surface area contributed by atoms with Gasteiger partial charge in [-0.2, -0.15) is 0 Å². The topological polar surface area (TPSA) is 12.0 Å². The quantitative estimate of drug-likeness (QED) is 0.734. The second-order valence-electron chi connectivity index (χ2n) is 2.91. The Kier molecular flexibility index (Phi) is 2.49. The van der Waals surface area contributed by atoms with Gasteiger partial charge in [-0.25, -0.2) is 0 Å². The lowest BCUT2D eigenvalue weighted by Gasteiger charge is -1.91. The number of hydrogen-bond donors (Lipinski definition) is 1. The predicted octanol–water partition coefficient (Wildman–Crippen LogP) is 2.78. The smallest absolute Gasteiger partial charge is 0.0934 e. The molecule has 64 valence electrons. The Morgan fingerprint density at radius 3 is 3.08 bits per heavy atom. The Hall–Kier alpha value is -0.310. The standard InChI is InChI=1S/C9H10ClNS/c10-9-4-8(6-12-9)3-7-1-2-11-5-7/h3-4,6,11H,1-2,5H2/b7-3-. The average Bonchev–Trinajstić information content (AvgIpc) is 2.63. The minimum absolute atomic E-state index is 0.868. The molecular formula is C9H10ClNS. The normalized spacial score (nSPS) is 20.6. The summed E-state index contributed by atoms with van der Waals surface area (Å²) in [6.07, 6.45) is 3.40. The number of hydrogen-bond acceptors (Lipinski definition) is 2. The third-order valence-corrected chi connectivity index (χ3v) is 3.04. The van der Waals surface area contributed by atoms with E-state index in [1.54, 1.807) is 11.3 Å². The highest BCUT2D eigenvalue weighted by Gasteiger charge is 2.05. The molecular weight excluding hydrogens is 190 g/mol. The maximum atomic E-state index is 5.82. The first kappa shape index (κ1) is 8.30. The molecule has 1 aliphatic rings. The van der Waals surface area contributed by atoms with Crippen molar-refractivity contribution in [2.75, 3.05) is 13.1 Å². The van der Waals surface area contributed by atoms with Gasteiger partial charge >= 0.3 is 0 Å². The van der Waals surface area contributed by atoms with E-state index in [0.717, 1.165) is 17.4 Å². The summed E-state index contributed by atoms with van der Waals surface area (Å²) in [5, 5.41) is 5.39. The summed E-state index contributed by atoms with van der Waals surface area (Å²) in [5.74, 6) is 0. The molecule has 1 N–H and O–H groups in total. The summed E-state index contributed by atoms with van der Waals surface area (Å²) < 4.78 is 0.868. The zero-order valence-corrected chi connectivity index (χ0v) is 8.21. The van der Waals surface area contributed by atoms with E-state index >= 15 is 0 Å². The van der Waals surface area contributed by atoms with Crippen molar-refractivity contribution in [1.82, 2.24) is 5.32 Å². The van der Waals surface area contributed by atoms with Crippen LogP contribution >= 0.6 is 22.9 Å². The maximum absolute atomic E-state index is 5.82. The number of thiophene rings is 1. The van der Waals surface area contributed by atoms with E-state index in [2.05, 4.69) is 16.8 Å². The molecule has 0 unspecified atom stereocenters. The van der Waals surface area contributed by atoms with Crippen LogP contribution in [0.15, 0.2) is 17.0 Å². The van der Waals surface area contributed by atoms with Gasteiger partial charge in [-0.05, 0) is 30.0 Å². The fourth-order valence-electron chi connectivity index (χ4n) is 1.34. The van der Waals surface area contributed by atoms with Gasteiger partial charge in [0.25, 0.3) is 0 Å². The van der Waals surface area contributed by atoms with E-state index in [1.807, 2.05) is 6.07 Å². The van der Waals surface area contributed by atoms with E-state index in [-0.39, 0.29) is 0 Å². The molecule has 2 rings (SSSR count). The molecule has 1 aliphatic heterocycles. The van der Waals surface area contributed by atoms with Crippen LogP contribution in [0.2, 0.25) is 4.34 Å². The highest BCUT2D eigenvalue weighted by molar-refractivity contribution is 7.14. The van der Waals surface area contributed by atoms with Crippen LogP contribution in [0.5, 0.6) is 0 Å². The third kappa shape index (κ3) is 1.89. The van der Waals surface area contributed by atoms with E-state index < -0.39 is 0 Å². The van der Waals surface area contributed by atoms with Crippen LogP contribution in [0.1, 0.15) is 12.0 Å². The first-order chi connectivity index (χ1) is 5.84. The van der Waals surface area contributed by atoms with Gasteiger partial charge in [0.15, 0.2) is 0 Å². The van der Waals surface area contributed by atoms with Crippen molar-refractivity contribution in [3.05, 3.63) is 26.9 Å². The third-order valence-electron chi connectivity index (χ3n) is 1.93. The van der Waals surface area contributed by atoms with Gasteiger partial charge in [0.05, 0.1) is 4.34 Å². The summed E-state index contributed by atoms with van der Waals surface area (Å²) in [7, 11) is 0. The van der Waals surface area contributed by atoms with Gasteiger partial charge < -0.3 is 5.32 Å². The lowest BCUT2D eigenvalue weighted by molar-refractivity contribution is 0.862. The van der Waals surface area contributed by atoms with Crippen LogP contribution in [-0.4, -0.2) is 13.1 Å². The minimum atomic E-state index is 0.868. The van der Waals surface area contributed by atoms with Crippen molar-refractivity contribution in [3.8, 4) is 0 Å². The van der Waals surface area contributed by atoms with Crippen LogP contribution in [0.25, 0.3) is 6.08 Å². The molecule has 0 spiro atoms. The summed E-state index contributed by atoms with van der Waals surface area (Å²) in [6, 6.07) is 2.01. The predicted molar refractivity (Wildman–Crippen MR) is 54.8 cm³/mol. The maximum Gasteiger partial charge on any atom is 0.0934 e. The molecule has 12 heavy (non-hydrogen) atoms. The SMILES string of the molecule is Clc1cc(/C=C2/CCNC2)cs1. The fourth-order valence-corrected chi connectivity index (χ4v) is 2.19. The molecule has 0 atom stereocenters. The molecule has 2 heterocycles. The van der Waals surface area contributed by atoms with Crippen molar-refractivity contribution in [2.45, 2.75) is 6.42 Å². The Morgan fingerprint density at radius 2 is 2.50 bits per heavy atom. The first-order valence-electron chi connectivity index (χ1n) is 3.99. The Morgan fingerprint density at radius 1 is 1.58 bits per heavy atom. The van der Waals surface area contributed by atoms with E-state index in [9.17, 15) is 0 Å². The van der Waals surface area contributed by atoms with Crippen LogP contribution in [0.4, 0.5) is 0 Å². The van der Waals surface area contributed by atoms with Crippen LogP contribution in [-0.2, 0) is 0 Å². The summed E-state index contributed by atoms with van der Waals surface area (Å²) in [4.78, 5) is 0. The second kappa shape index (κ2) is 3.60. The molecule has 0 aromatic carbocycles. The van der Waals surface area contributed by atoms with E-state index in [0.29, 0.717) is 0 Å². The molecule has 3 heteroatoms. The van der Waals surface area contributed by atoms with Gasteiger partial charge in [-0.1, -0.05) is 23.3 Å². The first-order valence-corrected chi connectivity index (χ1v) is 5.24. The van der Waals surface area contributed by atoms with Crippen molar-refractivity contribution >= 4 is 29.0 Å². The van der Waals surface area contributed by atoms with E-state index in [1.165, 1.54) is 17.6 Å². The number of rotatable bonds is 1. The lowest BCUT2D eigenvalue weighted by atomic mass is 10.2. The Labute approximate surface area is 81.1 Å². The van der Waals surface area contributed by atoms with Gasteiger partial charge in [-0.15, -0.1) is 11.3 Å². The summed E-state index contributed by atoms with van der Waals surface area (Å²) in [6.45, 7) is 2.15. The number of nitrogens with one attached hydrogen (secondary N) is 1. The zero-order chi connectivity index (χ0) is 8.39. The Balaban J connectivity index is 2.15. The van der Waals surface area contributed by atoms with Crippen molar-refractivity contribution in [1.29, 1.82) is 0 Å². The molecule has 0 aliphatic carbocycles. The highest BCUT2D eigenvalue weighted by atomic mass is 35.5.